The maximum absolute atomic E-state index is 4.59. The highest BCUT2D eigenvalue weighted by Crippen LogP contribution is 2.16. The molecule has 0 saturated heterocycles. The molecular weight excluding hydrogens is 349 g/mol. The van der Waals surface area contributed by atoms with E-state index in [9.17, 15) is 0 Å². The van der Waals surface area contributed by atoms with Crippen LogP contribution < -0.4 is 5.32 Å². The average molecular weight is 367 g/mol. The van der Waals surface area contributed by atoms with Crippen LogP contribution in [0.4, 0.5) is 5.82 Å². The number of aromatic nitrogens is 2. The highest BCUT2D eigenvalue weighted by Gasteiger charge is 2.05. The summed E-state index contributed by atoms with van der Waals surface area (Å²) in [5.41, 5.74) is 3.83. The third-order valence-corrected chi connectivity index (χ3v) is 3.57. The molecule has 100 valence electrons. The molecule has 0 radical (unpaired) electrons. The summed E-state index contributed by atoms with van der Waals surface area (Å²) in [6.45, 7) is 7.18. The van der Waals surface area contributed by atoms with Gasteiger partial charge in [0.25, 0.3) is 0 Å². The molecule has 0 fully saturated rings. The van der Waals surface area contributed by atoms with E-state index in [1.54, 1.807) is 0 Å². The van der Waals surface area contributed by atoms with Crippen molar-refractivity contribution >= 4 is 28.4 Å². The molecule has 1 aromatic carbocycles. The summed E-state index contributed by atoms with van der Waals surface area (Å²) in [7, 11) is 0. The van der Waals surface area contributed by atoms with Gasteiger partial charge in [0.05, 0.1) is 3.57 Å². The SMILES string of the molecule is CCNc1nc(Cc2cc(C)cc(C)c2)ncc1I. The molecule has 3 nitrogen and oxygen atoms in total. The monoisotopic (exact) mass is 367 g/mol. The van der Waals surface area contributed by atoms with E-state index in [-0.39, 0.29) is 0 Å². The Bertz CT molecular complexity index is 561. The first-order chi connectivity index (χ1) is 9.08. The molecule has 0 aliphatic rings. The molecule has 0 aliphatic heterocycles. The lowest BCUT2D eigenvalue weighted by atomic mass is 10.0. The average Bonchev–Trinajstić information content (AvgIpc) is 2.32. The third-order valence-electron chi connectivity index (χ3n) is 2.78. The highest BCUT2D eigenvalue weighted by molar-refractivity contribution is 14.1. The van der Waals surface area contributed by atoms with E-state index in [4.69, 9.17) is 0 Å². The van der Waals surface area contributed by atoms with Crippen LogP contribution in [0.5, 0.6) is 0 Å². The molecule has 0 spiro atoms. The van der Waals surface area contributed by atoms with E-state index in [1.807, 2.05) is 6.20 Å². The molecule has 0 amide bonds. The fourth-order valence-electron chi connectivity index (χ4n) is 2.13. The van der Waals surface area contributed by atoms with Gasteiger partial charge in [0.1, 0.15) is 11.6 Å². The Labute approximate surface area is 128 Å². The zero-order chi connectivity index (χ0) is 13.8. The van der Waals surface area contributed by atoms with Crippen LogP contribution in [-0.4, -0.2) is 16.5 Å². The first kappa shape index (κ1) is 14.2. The van der Waals surface area contributed by atoms with Crippen LogP contribution in [0.1, 0.15) is 29.4 Å². The van der Waals surface area contributed by atoms with Crippen LogP contribution in [0, 0.1) is 17.4 Å². The summed E-state index contributed by atoms with van der Waals surface area (Å²) < 4.78 is 1.06. The number of hydrogen-bond donors (Lipinski definition) is 1. The molecule has 1 aromatic heterocycles. The van der Waals surface area contributed by atoms with E-state index in [2.05, 4.69) is 76.8 Å². The van der Waals surface area contributed by atoms with Crippen molar-refractivity contribution in [1.29, 1.82) is 0 Å². The number of anilines is 1. The Morgan fingerprint density at radius 2 is 1.84 bits per heavy atom. The summed E-state index contributed by atoms with van der Waals surface area (Å²) >= 11 is 2.25. The van der Waals surface area contributed by atoms with Gasteiger partial charge >= 0.3 is 0 Å². The molecule has 2 rings (SSSR count). The van der Waals surface area contributed by atoms with Crippen LogP contribution in [0.15, 0.2) is 24.4 Å². The first-order valence-corrected chi connectivity index (χ1v) is 7.49. The number of rotatable bonds is 4. The largest absolute Gasteiger partial charge is 0.369 e. The standard InChI is InChI=1S/C15H18IN3/c1-4-17-15-13(16)9-18-14(19-15)8-12-6-10(2)5-11(3)7-12/h5-7,9H,4,8H2,1-3H3,(H,17,18,19). The Balaban J connectivity index is 2.25. The number of hydrogen-bond acceptors (Lipinski definition) is 3. The lowest BCUT2D eigenvalue weighted by molar-refractivity contribution is 0.953. The molecule has 1 heterocycles. The molecule has 19 heavy (non-hydrogen) atoms. The molecule has 0 bridgehead atoms. The summed E-state index contributed by atoms with van der Waals surface area (Å²) in [4.78, 5) is 9.00. The molecule has 2 aromatic rings. The predicted molar refractivity (Wildman–Crippen MR) is 87.6 cm³/mol. The van der Waals surface area contributed by atoms with Gasteiger partial charge in [-0.3, -0.25) is 0 Å². The number of aryl methyl sites for hydroxylation is 2. The van der Waals surface area contributed by atoms with Crippen molar-refractivity contribution in [2.45, 2.75) is 27.2 Å². The second kappa shape index (κ2) is 6.32. The van der Waals surface area contributed by atoms with Crippen molar-refractivity contribution in [3.05, 3.63) is 50.5 Å². The molecule has 1 N–H and O–H groups in total. The van der Waals surface area contributed by atoms with Crippen molar-refractivity contribution < 1.29 is 0 Å². The van der Waals surface area contributed by atoms with Crippen LogP contribution in [0.25, 0.3) is 0 Å². The summed E-state index contributed by atoms with van der Waals surface area (Å²) in [6, 6.07) is 6.57. The summed E-state index contributed by atoms with van der Waals surface area (Å²) in [5.74, 6) is 1.79. The van der Waals surface area contributed by atoms with Crippen LogP contribution in [0.2, 0.25) is 0 Å². The fraction of sp³-hybridized carbons (Fsp3) is 0.333. The van der Waals surface area contributed by atoms with Crippen LogP contribution >= 0.6 is 22.6 Å². The number of halogens is 1. The highest BCUT2D eigenvalue weighted by atomic mass is 127. The van der Waals surface area contributed by atoms with Gasteiger partial charge in [0, 0.05) is 19.2 Å². The fourth-order valence-corrected chi connectivity index (χ4v) is 2.58. The van der Waals surface area contributed by atoms with E-state index in [1.165, 1.54) is 16.7 Å². The molecule has 0 atom stereocenters. The Kier molecular flexibility index (Phi) is 4.74. The molecular formula is C15H18IN3. The number of nitrogens with one attached hydrogen (secondary N) is 1. The second-order valence-corrected chi connectivity index (χ2v) is 5.85. The molecule has 0 saturated carbocycles. The van der Waals surface area contributed by atoms with Crippen LogP contribution in [-0.2, 0) is 6.42 Å². The predicted octanol–water partition coefficient (Wildman–Crippen LogP) is 3.72. The van der Waals surface area contributed by atoms with Crippen molar-refractivity contribution in [3.8, 4) is 0 Å². The van der Waals surface area contributed by atoms with Crippen LogP contribution in [0.3, 0.4) is 0 Å². The van der Waals surface area contributed by atoms with Gasteiger partial charge in [-0.2, -0.15) is 0 Å². The van der Waals surface area contributed by atoms with Gasteiger partial charge in [-0.1, -0.05) is 29.3 Å². The zero-order valence-electron chi connectivity index (χ0n) is 11.5. The maximum atomic E-state index is 4.59. The minimum Gasteiger partial charge on any atom is -0.369 e. The van der Waals surface area contributed by atoms with Crippen molar-refractivity contribution in [3.63, 3.8) is 0 Å². The number of benzene rings is 1. The lowest BCUT2D eigenvalue weighted by Crippen LogP contribution is -2.06. The van der Waals surface area contributed by atoms with Gasteiger partial charge in [0.2, 0.25) is 0 Å². The zero-order valence-corrected chi connectivity index (χ0v) is 13.7. The topological polar surface area (TPSA) is 37.8 Å². The Morgan fingerprint density at radius 3 is 2.47 bits per heavy atom. The number of nitrogens with zero attached hydrogens (tertiary/aromatic N) is 2. The van der Waals surface area contributed by atoms with E-state index < -0.39 is 0 Å². The molecule has 0 aliphatic carbocycles. The van der Waals surface area contributed by atoms with Gasteiger partial charge in [0.15, 0.2) is 0 Å². The van der Waals surface area contributed by atoms with Crippen molar-refractivity contribution in [2.24, 2.45) is 0 Å². The van der Waals surface area contributed by atoms with Crippen molar-refractivity contribution in [2.75, 3.05) is 11.9 Å². The van der Waals surface area contributed by atoms with E-state index in [0.29, 0.717) is 0 Å². The van der Waals surface area contributed by atoms with Gasteiger partial charge < -0.3 is 5.32 Å². The summed E-state index contributed by atoms with van der Waals surface area (Å²) in [5, 5.41) is 3.27. The normalized spacial score (nSPS) is 10.5. The Hall–Kier alpha value is -1.17. The molecule has 0 unspecified atom stereocenters. The smallest absolute Gasteiger partial charge is 0.143 e. The van der Waals surface area contributed by atoms with Gasteiger partial charge in [-0.05, 0) is 48.9 Å². The maximum Gasteiger partial charge on any atom is 0.143 e. The third kappa shape index (κ3) is 3.89. The second-order valence-electron chi connectivity index (χ2n) is 4.69. The minimum atomic E-state index is 0.776. The quantitative estimate of drug-likeness (QED) is 0.837. The van der Waals surface area contributed by atoms with Gasteiger partial charge in [-0.15, -0.1) is 0 Å². The lowest BCUT2D eigenvalue weighted by Gasteiger charge is -2.08. The van der Waals surface area contributed by atoms with Gasteiger partial charge in [-0.25, -0.2) is 9.97 Å². The summed E-state index contributed by atoms with van der Waals surface area (Å²) in [6.07, 6.45) is 2.65. The minimum absolute atomic E-state index is 0.776. The first-order valence-electron chi connectivity index (χ1n) is 6.41. The van der Waals surface area contributed by atoms with E-state index >= 15 is 0 Å². The van der Waals surface area contributed by atoms with E-state index in [0.717, 1.165) is 28.2 Å². The molecule has 4 heteroatoms. The van der Waals surface area contributed by atoms with Crippen molar-refractivity contribution in [1.82, 2.24) is 9.97 Å². The Morgan fingerprint density at radius 1 is 1.16 bits per heavy atom.